The number of hydrogen-bond acceptors (Lipinski definition) is 4. The summed E-state index contributed by atoms with van der Waals surface area (Å²) in [6, 6.07) is 25.8. The molecular formula is C29H31NO3. The van der Waals surface area contributed by atoms with Gasteiger partial charge in [-0.2, -0.15) is 5.26 Å². The number of rotatable bonds is 11. The number of benzene rings is 3. The maximum absolute atomic E-state index is 9.57. The first-order chi connectivity index (χ1) is 16.1. The van der Waals surface area contributed by atoms with Gasteiger partial charge >= 0.3 is 0 Å². The number of ether oxygens (including phenoxy) is 3. The smallest absolute Gasteiger partial charge is 0.161 e. The first kappa shape index (κ1) is 23.9. The van der Waals surface area contributed by atoms with E-state index in [1.165, 1.54) is 5.56 Å². The normalized spacial score (nSPS) is 12.0. The zero-order chi connectivity index (χ0) is 23.5. The van der Waals surface area contributed by atoms with Crippen molar-refractivity contribution in [3.05, 3.63) is 89.5 Å². The third-order valence-electron chi connectivity index (χ3n) is 5.45. The van der Waals surface area contributed by atoms with Gasteiger partial charge in [-0.1, -0.05) is 62.4 Å². The summed E-state index contributed by atoms with van der Waals surface area (Å²) in [6.45, 7) is 7.70. The Hall–Kier alpha value is -3.71. The minimum atomic E-state index is 0.399. The third kappa shape index (κ3) is 6.89. The lowest BCUT2D eigenvalue weighted by atomic mass is 9.99. The van der Waals surface area contributed by atoms with Crippen molar-refractivity contribution in [2.75, 3.05) is 19.8 Å². The van der Waals surface area contributed by atoms with Crippen molar-refractivity contribution < 1.29 is 14.2 Å². The second-order valence-corrected chi connectivity index (χ2v) is 7.75. The van der Waals surface area contributed by atoms with Crippen LogP contribution in [0.1, 0.15) is 49.8 Å². The van der Waals surface area contributed by atoms with E-state index in [0.717, 1.165) is 23.3 Å². The molecule has 0 spiro atoms. The Morgan fingerprint density at radius 3 is 2.27 bits per heavy atom. The monoisotopic (exact) mass is 441 g/mol. The Kier molecular flexibility index (Phi) is 8.97. The molecule has 0 aliphatic carbocycles. The van der Waals surface area contributed by atoms with Crippen LogP contribution in [-0.4, -0.2) is 19.8 Å². The minimum absolute atomic E-state index is 0.399. The predicted octanol–water partition coefficient (Wildman–Crippen LogP) is 7.12. The molecule has 0 unspecified atom stereocenters. The van der Waals surface area contributed by atoms with Crippen molar-refractivity contribution in [3.63, 3.8) is 0 Å². The van der Waals surface area contributed by atoms with Crippen molar-refractivity contribution in [1.29, 1.82) is 5.26 Å². The summed E-state index contributed by atoms with van der Waals surface area (Å²) in [5, 5.41) is 9.57. The van der Waals surface area contributed by atoms with Gasteiger partial charge in [-0.05, 0) is 66.3 Å². The largest absolute Gasteiger partial charge is 0.490 e. The average molecular weight is 442 g/mol. The van der Waals surface area contributed by atoms with E-state index < -0.39 is 0 Å². The molecule has 0 heterocycles. The highest BCUT2D eigenvalue weighted by Gasteiger charge is 2.08. The highest BCUT2D eigenvalue weighted by molar-refractivity contribution is 5.89. The molecule has 3 rings (SSSR count). The molecule has 0 fully saturated rings. The summed E-state index contributed by atoms with van der Waals surface area (Å²) in [5.74, 6) is 2.69. The summed E-state index contributed by atoms with van der Waals surface area (Å²) < 4.78 is 17.5. The molecule has 1 atom stereocenters. The Morgan fingerprint density at radius 1 is 0.879 bits per heavy atom. The van der Waals surface area contributed by atoms with E-state index in [9.17, 15) is 5.26 Å². The van der Waals surface area contributed by atoms with Crippen LogP contribution in [0.2, 0.25) is 0 Å². The van der Waals surface area contributed by atoms with Gasteiger partial charge in [0.05, 0.1) is 18.2 Å². The molecular weight excluding hydrogens is 410 g/mol. The van der Waals surface area contributed by atoms with Crippen LogP contribution in [0.25, 0.3) is 11.6 Å². The molecule has 170 valence electrons. The summed E-state index contributed by atoms with van der Waals surface area (Å²) in [5.41, 5.74) is 3.68. The van der Waals surface area contributed by atoms with Crippen molar-refractivity contribution >= 4 is 11.6 Å². The van der Waals surface area contributed by atoms with Crippen LogP contribution in [0.5, 0.6) is 17.2 Å². The van der Waals surface area contributed by atoms with Crippen LogP contribution < -0.4 is 14.2 Å². The SMILES string of the molecule is CCOc1cc(/C=C(/C#N)c2ccccc2)ccc1OCCOc1ccc([C@@H](C)CC)cc1. The number of nitrogens with zero attached hydrogens (tertiary/aromatic N) is 1. The molecule has 0 aliphatic rings. The lowest BCUT2D eigenvalue weighted by Crippen LogP contribution is -2.10. The fourth-order valence-electron chi connectivity index (χ4n) is 3.41. The first-order valence-electron chi connectivity index (χ1n) is 11.4. The maximum atomic E-state index is 9.57. The van der Waals surface area contributed by atoms with Crippen LogP contribution >= 0.6 is 0 Å². The zero-order valence-electron chi connectivity index (χ0n) is 19.6. The fraction of sp³-hybridized carbons (Fsp3) is 0.276. The molecule has 3 aromatic carbocycles. The van der Waals surface area contributed by atoms with Crippen LogP contribution in [0.15, 0.2) is 72.8 Å². The molecule has 3 aromatic rings. The van der Waals surface area contributed by atoms with Crippen molar-refractivity contribution in [3.8, 4) is 23.3 Å². The molecule has 0 amide bonds. The lowest BCUT2D eigenvalue weighted by Gasteiger charge is -2.14. The van der Waals surface area contributed by atoms with Crippen molar-refractivity contribution in [2.24, 2.45) is 0 Å². The van der Waals surface area contributed by atoms with Gasteiger partial charge in [0.25, 0.3) is 0 Å². The van der Waals surface area contributed by atoms with Gasteiger partial charge in [-0.15, -0.1) is 0 Å². The number of nitriles is 1. The second kappa shape index (κ2) is 12.4. The van der Waals surface area contributed by atoms with E-state index in [-0.39, 0.29) is 0 Å². The molecule has 0 aliphatic heterocycles. The summed E-state index contributed by atoms with van der Waals surface area (Å²) >= 11 is 0. The topological polar surface area (TPSA) is 51.5 Å². The van der Waals surface area contributed by atoms with Gasteiger partial charge in [0.2, 0.25) is 0 Å². The van der Waals surface area contributed by atoms with Crippen LogP contribution in [0.3, 0.4) is 0 Å². The number of hydrogen-bond donors (Lipinski definition) is 0. The Bertz CT molecular complexity index is 1080. The Balaban J connectivity index is 1.62. The van der Waals surface area contributed by atoms with Gasteiger partial charge in [-0.25, -0.2) is 0 Å². The molecule has 0 aromatic heterocycles. The molecule has 0 N–H and O–H groups in total. The lowest BCUT2D eigenvalue weighted by molar-refractivity contribution is 0.208. The molecule has 0 saturated carbocycles. The van der Waals surface area contributed by atoms with Gasteiger partial charge in [0.1, 0.15) is 19.0 Å². The standard InChI is InChI=1S/C29H31NO3/c1-4-22(3)24-12-14-27(15-13-24)32-17-18-33-28-16-11-23(20-29(28)31-5-2)19-26(21-30)25-9-7-6-8-10-25/h6-16,19-20,22H,4-5,17-18H2,1-3H3/b26-19-/t22-/m0/s1. The quantitative estimate of drug-likeness (QED) is 0.181. The van der Waals surface area contributed by atoms with Crippen molar-refractivity contribution in [2.45, 2.75) is 33.1 Å². The van der Waals surface area contributed by atoms with Crippen molar-refractivity contribution in [1.82, 2.24) is 0 Å². The minimum Gasteiger partial charge on any atom is -0.490 e. The summed E-state index contributed by atoms with van der Waals surface area (Å²) in [6.07, 6.45) is 2.97. The highest BCUT2D eigenvalue weighted by Crippen LogP contribution is 2.30. The Labute approximate surface area is 197 Å². The van der Waals surface area contributed by atoms with E-state index in [2.05, 4.69) is 32.0 Å². The molecule has 4 heteroatoms. The van der Waals surface area contributed by atoms with Gasteiger partial charge in [0.15, 0.2) is 11.5 Å². The third-order valence-corrected chi connectivity index (χ3v) is 5.45. The van der Waals surface area contributed by atoms with Crippen LogP contribution in [-0.2, 0) is 0 Å². The molecule has 0 radical (unpaired) electrons. The van der Waals surface area contributed by atoms with Gasteiger partial charge in [-0.3, -0.25) is 0 Å². The number of allylic oxidation sites excluding steroid dienone is 1. The molecule has 0 bridgehead atoms. The van der Waals surface area contributed by atoms with E-state index in [0.29, 0.717) is 42.8 Å². The van der Waals surface area contributed by atoms with E-state index in [1.807, 2.05) is 73.7 Å². The first-order valence-corrected chi connectivity index (χ1v) is 11.4. The summed E-state index contributed by atoms with van der Waals surface area (Å²) in [7, 11) is 0. The van der Waals surface area contributed by atoms with E-state index >= 15 is 0 Å². The van der Waals surface area contributed by atoms with Crippen LogP contribution in [0, 0.1) is 11.3 Å². The van der Waals surface area contributed by atoms with Crippen LogP contribution in [0.4, 0.5) is 0 Å². The van der Waals surface area contributed by atoms with E-state index in [1.54, 1.807) is 0 Å². The van der Waals surface area contributed by atoms with Gasteiger partial charge < -0.3 is 14.2 Å². The summed E-state index contributed by atoms with van der Waals surface area (Å²) in [4.78, 5) is 0. The molecule has 33 heavy (non-hydrogen) atoms. The molecule has 4 nitrogen and oxygen atoms in total. The van der Waals surface area contributed by atoms with E-state index in [4.69, 9.17) is 14.2 Å². The highest BCUT2D eigenvalue weighted by atomic mass is 16.5. The Morgan fingerprint density at radius 2 is 1.61 bits per heavy atom. The molecule has 0 saturated heterocycles. The second-order valence-electron chi connectivity index (χ2n) is 7.75. The van der Waals surface area contributed by atoms with Gasteiger partial charge in [0, 0.05) is 0 Å². The maximum Gasteiger partial charge on any atom is 0.161 e. The average Bonchev–Trinajstić information content (AvgIpc) is 2.86. The zero-order valence-corrected chi connectivity index (χ0v) is 19.6. The fourth-order valence-corrected chi connectivity index (χ4v) is 3.41. The predicted molar refractivity (Wildman–Crippen MR) is 134 cm³/mol.